The van der Waals surface area contributed by atoms with Gasteiger partial charge < -0.3 is 14.6 Å². The molecule has 0 fully saturated rings. The van der Waals surface area contributed by atoms with Crippen LogP contribution in [-0.4, -0.2) is 18.2 Å². The number of amides is 1. The number of rotatable bonds is 5. The molecule has 1 aromatic carbocycles. The van der Waals surface area contributed by atoms with E-state index in [-0.39, 0.29) is 6.42 Å². The third kappa shape index (κ3) is 3.73. The van der Waals surface area contributed by atoms with Crippen molar-refractivity contribution < 1.29 is 14.1 Å². The average Bonchev–Trinajstić information content (AvgIpc) is 2.86. The highest BCUT2D eigenvalue weighted by Crippen LogP contribution is 2.23. The van der Waals surface area contributed by atoms with Gasteiger partial charge in [-0.25, -0.2) is 0 Å². The molecule has 6 nitrogen and oxygen atoms in total. The summed E-state index contributed by atoms with van der Waals surface area (Å²) < 4.78 is 10.3. The van der Waals surface area contributed by atoms with E-state index in [9.17, 15) is 4.79 Å². The van der Waals surface area contributed by atoms with Crippen LogP contribution in [-0.2, 0) is 4.79 Å². The quantitative estimate of drug-likeness (QED) is 0.916. The number of hydrogen-bond donors (Lipinski definition) is 1. The van der Waals surface area contributed by atoms with Gasteiger partial charge in [-0.3, -0.25) is 4.79 Å². The molecule has 6 heteroatoms. The molecule has 0 spiro atoms. The van der Waals surface area contributed by atoms with Gasteiger partial charge in [-0.05, 0) is 30.7 Å². The molecule has 1 aromatic heterocycles. The van der Waals surface area contributed by atoms with Crippen LogP contribution in [0.25, 0.3) is 12.2 Å². The van der Waals surface area contributed by atoms with Crippen molar-refractivity contribution in [2.24, 2.45) is 0 Å². The van der Waals surface area contributed by atoms with Crippen LogP contribution < -0.4 is 10.1 Å². The standard InChI is InChI=1S/C16H15N3O3/c1-11-16(18-15(20)9-10-17)14(22-19-11)8-5-12-3-6-13(21-2)7-4-12/h3-8H,9H2,1-2H3,(H,18,20)/b8-5+. The predicted octanol–water partition coefficient (Wildman–Crippen LogP) is 3.01. The fraction of sp³-hybridized carbons (Fsp3) is 0.188. The van der Waals surface area contributed by atoms with Gasteiger partial charge in [0.05, 0.1) is 13.2 Å². The predicted molar refractivity (Wildman–Crippen MR) is 82.0 cm³/mol. The second-order valence-corrected chi connectivity index (χ2v) is 4.50. The van der Waals surface area contributed by atoms with Gasteiger partial charge >= 0.3 is 0 Å². The Hall–Kier alpha value is -3.07. The summed E-state index contributed by atoms with van der Waals surface area (Å²) in [6.07, 6.45) is 3.33. The van der Waals surface area contributed by atoms with Crippen molar-refractivity contribution in [3.63, 3.8) is 0 Å². The monoisotopic (exact) mass is 297 g/mol. The van der Waals surface area contributed by atoms with Gasteiger partial charge in [0.15, 0.2) is 5.76 Å². The maximum atomic E-state index is 11.5. The van der Waals surface area contributed by atoms with Crippen LogP contribution in [0.1, 0.15) is 23.4 Å². The van der Waals surface area contributed by atoms with Crippen molar-refractivity contribution >= 4 is 23.7 Å². The molecule has 1 heterocycles. The second-order valence-electron chi connectivity index (χ2n) is 4.50. The van der Waals surface area contributed by atoms with Gasteiger partial charge in [0.1, 0.15) is 23.6 Å². The number of anilines is 1. The van der Waals surface area contributed by atoms with Crippen LogP contribution in [0.15, 0.2) is 28.8 Å². The smallest absolute Gasteiger partial charge is 0.238 e. The number of ether oxygens (including phenoxy) is 1. The molecule has 0 unspecified atom stereocenters. The molecular formula is C16H15N3O3. The molecule has 0 aliphatic rings. The van der Waals surface area contributed by atoms with Crippen molar-refractivity contribution in [2.45, 2.75) is 13.3 Å². The van der Waals surface area contributed by atoms with Crippen LogP contribution in [0, 0.1) is 18.3 Å². The summed E-state index contributed by atoms with van der Waals surface area (Å²) in [4.78, 5) is 11.5. The summed E-state index contributed by atoms with van der Waals surface area (Å²) >= 11 is 0. The third-order valence-electron chi connectivity index (χ3n) is 2.94. The highest BCUT2D eigenvalue weighted by molar-refractivity contribution is 5.94. The number of nitriles is 1. The minimum absolute atomic E-state index is 0.216. The fourth-order valence-electron chi connectivity index (χ4n) is 1.80. The normalized spacial score (nSPS) is 10.4. The molecular weight excluding hydrogens is 282 g/mol. The molecule has 22 heavy (non-hydrogen) atoms. The maximum Gasteiger partial charge on any atom is 0.238 e. The van der Waals surface area contributed by atoms with Crippen molar-refractivity contribution in [1.82, 2.24) is 5.16 Å². The van der Waals surface area contributed by atoms with E-state index >= 15 is 0 Å². The van der Waals surface area contributed by atoms with Crippen LogP contribution in [0.3, 0.4) is 0 Å². The topological polar surface area (TPSA) is 88.2 Å². The fourth-order valence-corrected chi connectivity index (χ4v) is 1.80. The van der Waals surface area contributed by atoms with Gasteiger partial charge in [0.2, 0.25) is 5.91 Å². The summed E-state index contributed by atoms with van der Waals surface area (Å²) in [5.41, 5.74) is 1.98. The zero-order valence-electron chi connectivity index (χ0n) is 12.3. The molecule has 2 rings (SSSR count). The number of methoxy groups -OCH3 is 1. The maximum absolute atomic E-state index is 11.5. The van der Waals surface area contributed by atoms with Crippen molar-refractivity contribution in [3.8, 4) is 11.8 Å². The number of carbonyl (C=O) groups is 1. The SMILES string of the molecule is COc1ccc(/C=C/c2onc(C)c2NC(=O)CC#N)cc1. The molecule has 1 amide bonds. The lowest BCUT2D eigenvalue weighted by Crippen LogP contribution is -2.11. The molecule has 0 radical (unpaired) electrons. The van der Waals surface area contributed by atoms with E-state index in [1.54, 1.807) is 26.2 Å². The molecule has 112 valence electrons. The second kappa shape index (κ2) is 7.09. The number of benzene rings is 1. The van der Waals surface area contributed by atoms with Crippen molar-refractivity contribution in [3.05, 3.63) is 41.3 Å². The number of nitrogens with zero attached hydrogens (tertiary/aromatic N) is 2. The molecule has 0 aliphatic heterocycles. The van der Waals surface area contributed by atoms with Gasteiger partial charge in [0.25, 0.3) is 0 Å². The summed E-state index contributed by atoms with van der Waals surface area (Å²) in [5.74, 6) is 0.810. The van der Waals surface area contributed by atoms with E-state index in [4.69, 9.17) is 14.5 Å². The Morgan fingerprint density at radius 2 is 2.14 bits per heavy atom. The van der Waals surface area contributed by atoms with E-state index in [0.717, 1.165) is 11.3 Å². The number of aromatic nitrogens is 1. The first-order valence-electron chi connectivity index (χ1n) is 6.59. The van der Waals surface area contributed by atoms with Crippen LogP contribution in [0.5, 0.6) is 5.75 Å². The number of aryl methyl sites for hydroxylation is 1. The summed E-state index contributed by atoms with van der Waals surface area (Å²) in [6.45, 7) is 1.72. The lowest BCUT2D eigenvalue weighted by Gasteiger charge is -2.01. The summed E-state index contributed by atoms with van der Waals surface area (Å²) in [7, 11) is 1.61. The Bertz CT molecular complexity index is 724. The molecule has 1 N–H and O–H groups in total. The van der Waals surface area contributed by atoms with Gasteiger partial charge in [0, 0.05) is 0 Å². The third-order valence-corrected chi connectivity index (χ3v) is 2.94. The first kappa shape index (κ1) is 15.3. The average molecular weight is 297 g/mol. The largest absolute Gasteiger partial charge is 0.497 e. The first-order valence-corrected chi connectivity index (χ1v) is 6.59. The van der Waals surface area contributed by atoms with E-state index in [1.807, 2.05) is 30.3 Å². The minimum atomic E-state index is -0.395. The van der Waals surface area contributed by atoms with Crippen molar-refractivity contribution in [1.29, 1.82) is 5.26 Å². The van der Waals surface area contributed by atoms with Gasteiger partial charge in [-0.2, -0.15) is 5.26 Å². The zero-order chi connectivity index (χ0) is 15.9. The zero-order valence-corrected chi connectivity index (χ0v) is 12.3. The molecule has 0 saturated heterocycles. The number of nitrogens with one attached hydrogen (secondary N) is 1. The number of carbonyl (C=O) groups excluding carboxylic acids is 1. The van der Waals surface area contributed by atoms with Crippen LogP contribution >= 0.6 is 0 Å². The van der Waals surface area contributed by atoms with Crippen LogP contribution in [0.4, 0.5) is 5.69 Å². The minimum Gasteiger partial charge on any atom is -0.497 e. The highest BCUT2D eigenvalue weighted by Gasteiger charge is 2.13. The van der Waals surface area contributed by atoms with E-state index in [2.05, 4.69) is 10.5 Å². The Balaban J connectivity index is 2.17. The molecule has 0 bridgehead atoms. The Morgan fingerprint density at radius 1 is 1.41 bits per heavy atom. The molecule has 0 saturated carbocycles. The van der Waals surface area contributed by atoms with E-state index < -0.39 is 5.91 Å². The molecule has 0 aliphatic carbocycles. The lowest BCUT2D eigenvalue weighted by atomic mass is 10.2. The Labute approximate surface area is 128 Å². The Kier molecular flexibility index (Phi) is 4.94. The van der Waals surface area contributed by atoms with E-state index in [0.29, 0.717) is 17.1 Å². The molecule has 2 aromatic rings. The van der Waals surface area contributed by atoms with E-state index in [1.165, 1.54) is 0 Å². The summed E-state index contributed by atoms with van der Waals surface area (Å²) in [5, 5.41) is 15.0. The number of hydrogen-bond acceptors (Lipinski definition) is 5. The summed E-state index contributed by atoms with van der Waals surface area (Å²) in [6, 6.07) is 9.28. The van der Waals surface area contributed by atoms with Gasteiger partial charge in [-0.15, -0.1) is 0 Å². The lowest BCUT2D eigenvalue weighted by molar-refractivity contribution is -0.115. The Morgan fingerprint density at radius 3 is 2.77 bits per heavy atom. The van der Waals surface area contributed by atoms with Crippen molar-refractivity contribution in [2.75, 3.05) is 12.4 Å². The molecule has 0 atom stereocenters. The first-order chi connectivity index (χ1) is 10.6. The van der Waals surface area contributed by atoms with Gasteiger partial charge in [-0.1, -0.05) is 23.4 Å². The highest BCUT2D eigenvalue weighted by atomic mass is 16.5. The van der Waals surface area contributed by atoms with Crippen LogP contribution in [0.2, 0.25) is 0 Å².